The fourth-order valence-electron chi connectivity index (χ4n) is 3.79. The van der Waals surface area contributed by atoms with Gasteiger partial charge in [-0.25, -0.2) is 4.98 Å². The number of rotatable bonds is 4. The summed E-state index contributed by atoms with van der Waals surface area (Å²) in [6.45, 7) is 6.91. The Kier molecular flexibility index (Phi) is 4.38. The van der Waals surface area contributed by atoms with E-state index in [1.54, 1.807) is 0 Å². The van der Waals surface area contributed by atoms with Gasteiger partial charge in [-0.1, -0.05) is 0 Å². The van der Waals surface area contributed by atoms with Crippen molar-refractivity contribution in [1.82, 2.24) is 14.8 Å². The molecule has 3 heterocycles. The van der Waals surface area contributed by atoms with E-state index in [9.17, 15) is 10.1 Å². The Morgan fingerprint density at radius 3 is 2.48 bits per heavy atom. The number of nitriles is 1. The number of hydrogen-bond donors (Lipinski definition) is 0. The molecule has 1 atom stereocenters. The molecule has 1 aliphatic carbocycles. The number of anilines is 1. The molecule has 1 saturated carbocycles. The van der Waals surface area contributed by atoms with Crippen molar-refractivity contribution in [3.05, 3.63) is 11.6 Å². The molecule has 2 saturated heterocycles. The summed E-state index contributed by atoms with van der Waals surface area (Å²) in [7, 11) is 0. The van der Waals surface area contributed by atoms with Crippen LogP contribution in [-0.4, -0.2) is 66.0 Å². The Labute approximate surface area is 148 Å². The second-order valence-electron chi connectivity index (χ2n) is 7.32. The highest BCUT2D eigenvalue weighted by molar-refractivity contribution is 5.81. The lowest BCUT2D eigenvalue weighted by molar-refractivity contribution is -0.135. The average molecular weight is 343 g/mol. The quantitative estimate of drug-likeness (QED) is 0.826. The van der Waals surface area contributed by atoms with Gasteiger partial charge in [0.25, 0.3) is 0 Å². The number of hydrogen-bond acceptors (Lipinski definition) is 6. The van der Waals surface area contributed by atoms with Crippen molar-refractivity contribution in [3.8, 4) is 6.07 Å². The Bertz CT molecular complexity index is 676. The van der Waals surface area contributed by atoms with Crippen molar-refractivity contribution in [3.63, 3.8) is 0 Å². The Hall–Kier alpha value is -2.07. The van der Waals surface area contributed by atoms with Gasteiger partial charge in [-0.3, -0.25) is 9.69 Å². The van der Waals surface area contributed by atoms with Crippen LogP contribution in [0.2, 0.25) is 0 Å². The third-order valence-electron chi connectivity index (χ3n) is 5.58. The number of carbonyl (C=O) groups excluding carboxylic acids is 1. The van der Waals surface area contributed by atoms with Gasteiger partial charge in [-0.2, -0.15) is 5.26 Å². The molecule has 0 aromatic carbocycles. The lowest BCUT2D eigenvalue weighted by atomic mass is 10.2. The molecule has 7 nitrogen and oxygen atoms in total. The summed E-state index contributed by atoms with van der Waals surface area (Å²) in [4.78, 5) is 23.3. The predicted molar refractivity (Wildman–Crippen MR) is 92.3 cm³/mol. The van der Waals surface area contributed by atoms with Crippen LogP contribution >= 0.6 is 0 Å². The van der Waals surface area contributed by atoms with Crippen LogP contribution in [0.4, 0.5) is 5.88 Å². The third-order valence-corrected chi connectivity index (χ3v) is 5.58. The number of aromatic nitrogens is 1. The van der Waals surface area contributed by atoms with E-state index in [4.69, 9.17) is 4.42 Å². The minimum atomic E-state index is -0.0764. The van der Waals surface area contributed by atoms with Gasteiger partial charge in [-0.15, -0.1) is 0 Å². The summed E-state index contributed by atoms with van der Waals surface area (Å²) in [5.74, 6) is 1.98. The number of oxazole rings is 1. The van der Waals surface area contributed by atoms with Gasteiger partial charge in [0, 0.05) is 45.2 Å². The molecule has 0 spiro atoms. The van der Waals surface area contributed by atoms with Crippen molar-refractivity contribution >= 4 is 11.8 Å². The summed E-state index contributed by atoms with van der Waals surface area (Å²) in [6.07, 6.45) is 4.46. The van der Waals surface area contributed by atoms with E-state index >= 15 is 0 Å². The fraction of sp³-hybridized carbons (Fsp3) is 0.722. The molecule has 7 heteroatoms. The number of nitrogens with zero attached hydrogens (tertiary/aromatic N) is 5. The van der Waals surface area contributed by atoms with Gasteiger partial charge >= 0.3 is 0 Å². The van der Waals surface area contributed by atoms with Crippen LogP contribution in [0.25, 0.3) is 0 Å². The van der Waals surface area contributed by atoms with Crippen LogP contribution in [0, 0.1) is 11.3 Å². The first kappa shape index (κ1) is 16.4. The van der Waals surface area contributed by atoms with E-state index in [0.29, 0.717) is 23.4 Å². The van der Waals surface area contributed by atoms with Crippen molar-refractivity contribution in [2.24, 2.45) is 0 Å². The highest BCUT2D eigenvalue weighted by Gasteiger charge is 2.34. The maximum atomic E-state index is 12.6. The third kappa shape index (κ3) is 3.23. The summed E-state index contributed by atoms with van der Waals surface area (Å²) in [5.41, 5.74) is 0.400. The lowest BCUT2D eigenvalue weighted by Crippen LogP contribution is -2.54. The largest absolute Gasteiger partial charge is 0.423 e. The van der Waals surface area contributed by atoms with E-state index in [1.165, 1.54) is 0 Å². The summed E-state index contributed by atoms with van der Waals surface area (Å²) >= 11 is 0. The van der Waals surface area contributed by atoms with Gasteiger partial charge < -0.3 is 14.2 Å². The molecule has 2 aliphatic heterocycles. The number of carbonyl (C=O) groups is 1. The zero-order valence-electron chi connectivity index (χ0n) is 14.8. The van der Waals surface area contributed by atoms with E-state index in [1.807, 2.05) is 11.8 Å². The van der Waals surface area contributed by atoms with Crippen LogP contribution < -0.4 is 4.90 Å². The molecule has 1 aromatic heterocycles. The molecule has 1 amide bonds. The van der Waals surface area contributed by atoms with Gasteiger partial charge in [0.1, 0.15) is 6.07 Å². The normalized spacial score (nSPS) is 22.9. The standard InChI is InChI=1S/C18H25N5O2/c1-13(17(24)22-6-2-3-7-22)21-8-10-23(11-9-21)18-15(12-19)20-16(25-18)14-4-5-14/h13-14H,2-11H2,1H3. The van der Waals surface area contributed by atoms with Crippen LogP contribution in [0.1, 0.15) is 50.1 Å². The van der Waals surface area contributed by atoms with Gasteiger partial charge in [0.15, 0.2) is 0 Å². The fourth-order valence-corrected chi connectivity index (χ4v) is 3.79. The number of amides is 1. The average Bonchev–Trinajstić information content (AvgIpc) is 3.19. The first-order chi connectivity index (χ1) is 12.2. The minimum absolute atomic E-state index is 0.0764. The molecule has 0 N–H and O–H groups in total. The molecule has 0 bridgehead atoms. The molecule has 3 fully saturated rings. The number of likely N-dealkylation sites (tertiary alicyclic amines) is 1. The molecule has 4 rings (SSSR count). The van der Waals surface area contributed by atoms with Crippen molar-refractivity contribution in [2.45, 2.75) is 44.6 Å². The molecular formula is C18H25N5O2. The highest BCUT2D eigenvalue weighted by Crippen LogP contribution is 2.41. The van der Waals surface area contributed by atoms with E-state index < -0.39 is 0 Å². The second-order valence-corrected chi connectivity index (χ2v) is 7.32. The molecule has 134 valence electrons. The zero-order chi connectivity index (χ0) is 17.4. The molecule has 25 heavy (non-hydrogen) atoms. The molecule has 1 aromatic rings. The SMILES string of the molecule is CC(C(=O)N1CCCC1)N1CCN(c2oc(C3CC3)nc2C#N)CC1. The van der Waals surface area contributed by atoms with Gasteiger partial charge in [0.2, 0.25) is 23.4 Å². The minimum Gasteiger partial charge on any atom is -0.423 e. The molecule has 1 unspecified atom stereocenters. The maximum Gasteiger partial charge on any atom is 0.239 e. The predicted octanol–water partition coefficient (Wildman–Crippen LogP) is 1.56. The van der Waals surface area contributed by atoms with Gasteiger partial charge in [0.05, 0.1) is 6.04 Å². The van der Waals surface area contributed by atoms with Crippen LogP contribution in [-0.2, 0) is 4.79 Å². The zero-order valence-corrected chi connectivity index (χ0v) is 14.8. The summed E-state index contributed by atoms with van der Waals surface area (Å²) in [5, 5.41) is 9.34. The van der Waals surface area contributed by atoms with Crippen LogP contribution in [0.3, 0.4) is 0 Å². The summed E-state index contributed by atoms with van der Waals surface area (Å²) < 4.78 is 5.89. The molecular weight excluding hydrogens is 318 g/mol. The topological polar surface area (TPSA) is 76.6 Å². The highest BCUT2D eigenvalue weighted by atomic mass is 16.4. The summed E-state index contributed by atoms with van der Waals surface area (Å²) in [6, 6.07) is 2.09. The molecule has 3 aliphatic rings. The Balaban J connectivity index is 1.38. The first-order valence-corrected chi connectivity index (χ1v) is 9.36. The second kappa shape index (κ2) is 6.68. The Morgan fingerprint density at radius 1 is 1.20 bits per heavy atom. The van der Waals surface area contributed by atoms with Crippen molar-refractivity contribution in [1.29, 1.82) is 5.26 Å². The maximum absolute atomic E-state index is 12.6. The van der Waals surface area contributed by atoms with Crippen molar-refractivity contribution < 1.29 is 9.21 Å². The van der Waals surface area contributed by atoms with E-state index in [0.717, 1.165) is 65.0 Å². The van der Waals surface area contributed by atoms with Gasteiger partial charge in [-0.05, 0) is 32.6 Å². The monoisotopic (exact) mass is 343 g/mol. The van der Waals surface area contributed by atoms with Crippen LogP contribution in [0.5, 0.6) is 0 Å². The Morgan fingerprint density at radius 2 is 1.88 bits per heavy atom. The molecule has 0 radical (unpaired) electrons. The first-order valence-electron chi connectivity index (χ1n) is 9.36. The lowest BCUT2D eigenvalue weighted by Gasteiger charge is -2.38. The van der Waals surface area contributed by atoms with Crippen LogP contribution in [0.15, 0.2) is 4.42 Å². The number of piperazine rings is 1. The van der Waals surface area contributed by atoms with E-state index in [-0.39, 0.29) is 11.9 Å². The smallest absolute Gasteiger partial charge is 0.239 e. The van der Waals surface area contributed by atoms with Crippen molar-refractivity contribution in [2.75, 3.05) is 44.2 Å². The van der Waals surface area contributed by atoms with E-state index in [2.05, 4.69) is 20.9 Å².